The third kappa shape index (κ3) is 11.2. The highest BCUT2D eigenvalue weighted by Crippen LogP contribution is 2.20. The average molecular weight is 387 g/mol. The fourth-order valence-corrected chi connectivity index (χ4v) is 3.43. The summed E-state index contributed by atoms with van der Waals surface area (Å²) >= 11 is 0. The first-order valence-electron chi connectivity index (χ1n) is 11.1. The molecular weight excluding hydrogens is 344 g/mol. The molecule has 4 atom stereocenters. The van der Waals surface area contributed by atoms with Gasteiger partial charge in [-0.1, -0.05) is 64.0 Å². The number of unbranched alkanes of at least 4 members (excludes halogenated alkanes) is 10. The van der Waals surface area contributed by atoms with Crippen LogP contribution in [0.3, 0.4) is 0 Å². The first-order chi connectivity index (χ1) is 13.2. The van der Waals surface area contributed by atoms with Crippen molar-refractivity contribution < 1.29 is 24.8 Å². The van der Waals surface area contributed by atoms with Gasteiger partial charge in [0.2, 0.25) is 0 Å². The Morgan fingerprint density at radius 2 is 1.56 bits per heavy atom. The summed E-state index contributed by atoms with van der Waals surface area (Å²) in [7, 11) is 0. The van der Waals surface area contributed by atoms with Crippen LogP contribution in [-0.2, 0) is 9.47 Å². The molecule has 0 spiro atoms. The lowest BCUT2D eigenvalue weighted by atomic mass is 10.1. The smallest absolute Gasteiger partial charge is 0.114 e. The Morgan fingerprint density at radius 3 is 2.19 bits per heavy atom. The molecule has 0 aliphatic carbocycles. The van der Waals surface area contributed by atoms with Crippen molar-refractivity contribution in [1.29, 1.82) is 0 Å². The Bertz CT molecular complexity index is 361. The topological polar surface area (TPSA) is 79.2 Å². The van der Waals surface area contributed by atoms with E-state index in [-0.39, 0.29) is 6.61 Å². The van der Waals surface area contributed by atoms with Crippen molar-refractivity contribution in [1.82, 2.24) is 0 Å². The van der Waals surface area contributed by atoms with Crippen LogP contribution in [0.2, 0.25) is 0 Å². The van der Waals surface area contributed by atoms with E-state index in [0.29, 0.717) is 6.61 Å². The van der Waals surface area contributed by atoms with Gasteiger partial charge in [-0.2, -0.15) is 0 Å². The van der Waals surface area contributed by atoms with E-state index < -0.39 is 31.0 Å². The molecule has 0 unspecified atom stereocenters. The van der Waals surface area contributed by atoms with Gasteiger partial charge in [-0.05, 0) is 32.1 Å². The normalized spacial score (nSPS) is 24.1. The summed E-state index contributed by atoms with van der Waals surface area (Å²) in [6.45, 7) is 2.70. The molecule has 1 aliphatic heterocycles. The van der Waals surface area contributed by atoms with Crippen LogP contribution in [0.5, 0.6) is 0 Å². The van der Waals surface area contributed by atoms with Crippen LogP contribution in [0.15, 0.2) is 12.2 Å². The third-order valence-corrected chi connectivity index (χ3v) is 5.22. The molecule has 0 saturated carbocycles. The molecule has 1 rings (SSSR count). The fraction of sp³-hybridized carbons (Fsp3) is 0.909. The third-order valence-electron chi connectivity index (χ3n) is 5.22. The van der Waals surface area contributed by atoms with E-state index in [1.54, 1.807) is 0 Å². The molecule has 0 aromatic heterocycles. The molecule has 160 valence electrons. The molecule has 3 N–H and O–H groups in total. The number of allylic oxidation sites excluding steroid dienone is 2. The second kappa shape index (κ2) is 16.5. The van der Waals surface area contributed by atoms with Crippen molar-refractivity contribution in [3.63, 3.8) is 0 Å². The number of hydrogen-bond acceptors (Lipinski definition) is 5. The maximum absolute atomic E-state index is 10.0. The molecule has 0 radical (unpaired) electrons. The predicted octanol–water partition coefficient (Wildman–Crippen LogP) is 3.74. The zero-order chi connectivity index (χ0) is 19.7. The molecule has 1 fully saturated rings. The van der Waals surface area contributed by atoms with Gasteiger partial charge in [0, 0.05) is 6.61 Å². The Labute approximate surface area is 165 Å². The SMILES string of the molecule is CCCCCCCCC/C=C/CCCCCO[C@H]1CO[C@@H]([C@H](O)CO)[C@H]1O. The fourth-order valence-electron chi connectivity index (χ4n) is 3.43. The van der Waals surface area contributed by atoms with Gasteiger partial charge in [0.25, 0.3) is 0 Å². The van der Waals surface area contributed by atoms with Gasteiger partial charge in [-0.25, -0.2) is 0 Å². The monoisotopic (exact) mass is 386 g/mol. The van der Waals surface area contributed by atoms with Crippen molar-refractivity contribution in [3.8, 4) is 0 Å². The summed E-state index contributed by atoms with van der Waals surface area (Å²) in [6, 6.07) is 0. The highest BCUT2D eigenvalue weighted by molar-refractivity contribution is 4.88. The van der Waals surface area contributed by atoms with Gasteiger partial charge in [0.1, 0.15) is 24.4 Å². The van der Waals surface area contributed by atoms with Crippen molar-refractivity contribution in [2.45, 2.75) is 108 Å². The molecule has 0 aromatic rings. The van der Waals surface area contributed by atoms with Gasteiger partial charge < -0.3 is 24.8 Å². The first kappa shape index (κ1) is 24.6. The minimum absolute atomic E-state index is 0.268. The highest BCUT2D eigenvalue weighted by Gasteiger charge is 2.40. The lowest BCUT2D eigenvalue weighted by Crippen LogP contribution is -2.41. The molecule has 27 heavy (non-hydrogen) atoms. The molecule has 1 heterocycles. The second-order valence-electron chi connectivity index (χ2n) is 7.68. The largest absolute Gasteiger partial charge is 0.394 e. The van der Waals surface area contributed by atoms with E-state index in [4.69, 9.17) is 14.6 Å². The zero-order valence-electron chi connectivity index (χ0n) is 17.2. The molecule has 0 amide bonds. The van der Waals surface area contributed by atoms with Crippen LogP contribution in [0, 0.1) is 0 Å². The summed E-state index contributed by atoms with van der Waals surface area (Å²) in [5.41, 5.74) is 0. The summed E-state index contributed by atoms with van der Waals surface area (Å²) < 4.78 is 11.0. The Kier molecular flexibility index (Phi) is 15.0. The van der Waals surface area contributed by atoms with E-state index in [1.807, 2.05) is 0 Å². The van der Waals surface area contributed by atoms with Gasteiger partial charge >= 0.3 is 0 Å². The van der Waals surface area contributed by atoms with E-state index >= 15 is 0 Å². The van der Waals surface area contributed by atoms with Gasteiger partial charge in [-0.15, -0.1) is 0 Å². The summed E-state index contributed by atoms with van der Waals surface area (Å²) in [5.74, 6) is 0. The minimum Gasteiger partial charge on any atom is -0.394 e. The summed E-state index contributed by atoms with van der Waals surface area (Å²) in [6.07, 6.45) is 16.6. The summed E-state index contributed by atoms with van der Waals surface area (Å²) in [5, 5.41) is 28.5. The Morgan fingerprint density at radius 1 is 0.963 bits per heavy atom. The van der Waals surface area contributed by atoms with Gasteiger partial charge in [-0.3, -0.25) is 0 Å². The lowest BCUT2D eigenvalue weighted by Gasteiger charge is -2.20. The predicted molar refractivity (Wildman–Crippen MR) is 109 cm³/mol. The van der Waals surface area contributed by atoms with Crippen molar-refractivity contribution >= 4 is 0 Å². The van der Waals surface area contributed by atoms with E-state index in [2.05, 4.69) is 19.1 Å². The Hall–Kier alpha value is -0.460. The molecular formula is C22H42O5. The lowest BCUT2D eigenvalue weighted by molar-refractivity contribution is -0.0730. The van der Waals surface area contributed by atoms with Crippen LogP contribution in [0.1, 0.15) is 84.0 Å². The molecule has 0 bridgehead atoms. The minimum atomic E-state index is -1.05. The van der Waals surface area contributed by atoms with Crippen molar-refractivity contribution in [2.24, 2.45) is 0 Å². The molecule has 1 saturated heterocycles. The van der Waals surface area contributed by atoms with E-state index in [9.17, 15) is 10.2 Å². The zero-order valence-corrected chi connectivity index (χ0v) is 17.2. The van der Waals surface area contributed by atoms with Crippen LogP contribution in [-0.4, -0.2) is 59.6 Å². The standard InChI is InChI=1S/C22H42O5/c1-2-3-4-5-6-7-8-9-10-11-12-13-14-15-16-26-20-18-27-22(21(20)25)19(24)17-23/h10-11,19-25H,2-9,12-18H2,1H3/b11-10+/t19-,20+,21+,22+/m1/s1. The van der Waals surface area contributed by atoms with Crippen molar-refractivity contribution in [2.75, 3.05) is 19.8 Å². The molecule has 0 aromatic carbocycles. The first-order valence-corrected chi connectivity index (χ1v) is 11.1. The maximum atomic E-state index is 10.0. The molecule has 5 nitrogen and oxygen atoms in total. The number of aliphatic hydroxyl groups is 3. The van der Waals surface area contributed by atoms with Crippen LogP contribution < -0.4 is 0 Å². The van der Waals surface area contributed by atoms with Gasteiger partial charge in [0.15, 0.2) is 0 Å². The maximum Gasteiger partial charge on any atom is 0.114 e. The molecule has 5 heteroatoms. The highest BCUT2D eigenvalue weighted by atomic mass is 16.6. The summed E-state index contributed by atoms with van der Waals surface area (Å²) in [4.78, 5) is 0. The van der Waals surface area contributed by atoms with E-state index in [1.165, 1.54) is 51.4 Å². The Balaban J connectivity index is 1.88. The van der Waals surface area contributed by atoms with Crippen LogP contribution >= 0.6 is 0 Å². The molecule has 1 aliphatic rings. The van der Waals surface area contributed by atoms with Crippen molar-refractivity contribution in [3.05, 3.63) is 12.2 Å². The number of rotatable bonds is 17. The second-order valence-corrected chi connectivity index (χ2v) is 7.68. The van der Waals surface area contributed by atoms with Crippen LogP contribution in [0.4, 0.5) is 0 Å². The number of hydrogen-bond donors (Lipinski definition) is 3. The van der Waals surface area contributed by atoms with Crippen LogP contribution in [0.25, 0.3) is 0 Å². The van der Waals surface area contributed by atoms with Gasteiger partial charge in [0.05, 0.1) is 13.2 Å². The number of aliphatic hydroxyl groups excluding tert-OH is 3. The van der Waals surface area contributed by atoms with E-state index in [0.717, 1.165) is 25.7 Å². The quantitative estimate of drug-likeness (QED) is 0.262. The average Bonchev–Trinajstić information content (AvgIpc) is 3.04. The number of ether oxygens (including phenoxy) is 2.